The third-order valence-corrected chi connectivity index (χ3v) is 3.32. The average molecular weight is 279 g/mol. The van der Waals surface area contributed by atoms with Gasteiger partial charge in [-0.3, -0.25) is 5.10 Å². The molecule has 0 aliphatic heterocycles. The number of nitrogen functional groups attached to an aromatic ring is 1. The molecular weight excluding hydrogens is 266 g/mol. The molecule has 0 fully saturated rings. The Morgan fingerprint density at radius 2 is 2.19 bits per heavy atom. The topological polar surface area (TPSA) is 101 Å². The number of anilines is 1. The van der Waals surface area contributed by atoms with Gasteiger partial charge in [0, 0.05) is 24.3 Å². The highest BCUT2D eigenvalue weighted by molar-refractivity contribution is 5.78. The normalized spacial score (nSPS) is 11.2. The minimum Gasteiger partial charge on any atom is -0.399 e. The van der Waals surface area contributed by atoms with Crippen LogP contribution in [-0.4, -0.2) is 29.7 Å². The molecular formula is C14H13N7. The van der Waals surface area contributed by atoms with Crippen molar-refractivity contribution in [2.24, 2.45) is 0 Å². The van der Waals surface area contributed by atoms with E-state index in [2.05, 4.69) is 25.1 Å². The minimum atomic E-state index is 0.594. The van der Waals surface area contributed by atoms with E-state index in [1.54, 1.807) is 12.4 Å². The van der Waals surface area contributed by atoms with E-state index in [9.17, 15) is 0 Å². The van der Waals surface area contributed by atoms with Crippen molar-refractivity contribution in [2.45, 2.75) is 6.54 Å². The second-order valence-electron chi connectivity index (χ2n) is 4.80. The second-order valence-corrected chi connectivity index (χ2v) is 4.80. The predicted octanol–water partition coefficient (Wildman–Crippen LogP) is 1.78. The van der Waals surface area contributed by atoms with Crippen LogP contribution >= 0.6 is 0 Å². The fraction of sp³-hybridized carbons (Fsp3) is 0.0714. The molecule has 0 unspecified atom stereocenters. The average Bonchev–Trinajstić information content (AvgIpc) is 3.16. The highest BCUT2D eigenvalue weighted by atomic mass is 15.2. The molecule has 7 nitrogen and oxygen atoms in total. The monoisotopic (exact) mass is 279 g/mol. The summed E-state index contributed by atoms with van der Waals surface area (Å²) in [5, 5.41) is 6.96. The largest absolute Gasteiger partial charge is 0.399 e. The molecule has 0 aliphatic carbocycles. The molecule has 0 spiro atoms. The van der Waals surface area contributed by atoms with Crippen LogP contribution in [0.3, 0.4) is 0 Å². The van der Waals surface area contributed by atoms with Crippen molar-refractivity contribution in [3.05, 3.63) is 48.7 Å². The van der Waals surface area contributed by atoms with E-state index < -0.39 is 0 Å². The fourth-order valence-electron chi connectivity index (χ4n) is 2.37. The van der Waals surface area contributed by atoms with E-state index in [0.717, 1.165) is 28.4 Å². The Bertz CT molecular complexity index is 885. The van der Waals surface area contributed by atoms with Crippen molar-refractivity contribution >= 4 is 16.7 Å². The third kappa shape index (κ3) is 2.04. The first-order valence-corrected chi connectivity index (χ1v) is 6.55. The van der Waals surface area contributed by atoms with E-state index in [1.807, 2.05) is 35.0 Å². The first-order chi connectivity index (χ1) is 10.3. The molecule has 0 bridgehead atoms. The zero-order chi connectivity index (χ0) is 14.2. The van der Waals surface area contributed by atoms with Gasteiger partial charge in [0.05, 0.1) is 17.6 Å². The van der Waals surface area contributed by atoms with Gasteiger partial charge < -0.3 is 15.3 Å². The van der Waals surface area contributed by atoms with E-state index in [-0.39, 0.29) is 0 Å². The summed E-state index contributed by atoms with van der Waals surface area (Å²) in [6, 6.07) is 7.54. The molecule has 0 saturated carbocycles. The lowest BCUT2D eigenvalue weighted by molar-refractivity contribution is 0.763. The molecule has 0 radical (unpaired) electrons. The number of hydrogen-bond acceptors (Lipinski definition) is 4. The van der Waals surface area contributed by atoms with Gasteiger partial charge in [-0.15, -0.1) is 0 Å². The maximum Gasteiger partial charge on any atom is 0.160 e. The molecule has 0 aliphatic rings. The van der Waals surface area contributed by atoms with Crippen LogP contribution in [0.1, 0.15) is 5.82 Å². The van der Waals surface area contributed by atoms with Gasteiger partial charge in [0.25, 0.3) is 0 Å². The lowest BCUT2D eigenvalue weighted by atomic mass is 10.3. The Labute approximate surface area is 119 Å². The number of hydrogen-bond donors (Lipinski definition) is 3. The van der Waals surface area contributed by atoms with Crippen LogP contribution in [0.25, 0.3) is 22.6 Å². The molecule has 4 N–H and O–H groups in total. The predicted molar refractivity (Wildman–Crippen MR) is 79.4 cm³/mol. The molecule has 4 rings (SSSR count). The van der Waals surface area contributed by atoms with Gasteiger partial charge in [-0.2, -0.15) is 5.10 Å². The van der Waals surface area contributed by atoms with E-state index in [0.29, 0.717) is 12.2 Å². The molecule has 0 saturated heterocycles. The second kappa shape index (κ2) is 4.48. The van der Waals surface area contributed by atoms with Gasteiger partial charge in [0.15, 0.2) is 5.82 Å². The summed E-state index contributed by atoms with van der Waals surface area (Å²) in [5.41, 5.74) is 9.13. The van der Waals surface area contributed by atoms with E-state index in [1.165, 1.54) is 0 Å². The summed E-state index contributed by atoms with van der Waals surface area (Å²) in [7, 11) is 0. The van der Waals surface area contributed by atoms with Gasteiger partial charge in [-0.25, -0.2) is 9.97 Å². The number of nitrogens with one attached hydrogen (secondary N) is 2. The first kappa shape index (κ1) is 11.7. The highest BCUT2D eigenvalue weighted by Crippen LogP contribution is 2.18. The summed E-state index contributed by atoms with van der Waals surface area (Å²) in [4.78, 5) is 12.2. The number of benzene rings is 1. The maximum atomic E-state index is 5.78. The standard InChI is InChI=1S/C14H13N7/c15-9-1-2-10-12(7-9)19-13(18-10)8-21-6-5-16-14(21)11-3-4-17-20-11/h1-7H,8,15H2,(H,17,20)(H,18,19). The molecule has 21 heavy (non-hydrogen) atoms. The smallest absolute Gasteiger partial charge is 0.160 e. The molecule has 4 aromatic rings. The van der Waals surface area contributed by atoms with Crippen molar-refractivity contribution in [2.75, 3.05) is 5.73 Å². The van der Waals surface area contributed by atoms with Crippen LogP contribution in [0.5, 0.6) is 0 Å². The van der Waals surface area contributed by atoms with Crippen LogP contribution in [0, 0.1) is 0 Å². The van der Waals surface area contributed by atoms with Gasteiger partial charge >= 0.3 is 0 Å². The molecule has 7 heteroatoms. The van der Waals surface area contributed by atoms with Crippen LogP contribution < -0.4 is 5.73 Å². The lowest BCUT2D eigenvalue weighted by Gasteiger charge is -2.03. The molecule has 104 valence electrons. The number of aromatic amines is 2. The van der Waals surface area contributed by atoms with Crippen LogP contribution in [0.4, 0.5) is 5.69 Å². The van der Waals surface area contributed by atoms with Crippen molar-refractivity contribution in [1.82, 2.24) is 29.7 Å². The quantitative estimate of drug-likeness (QED) is 0.497. The number of fused-ring (bicyclic) bond motifs is 1. The van der Waals surface area contributed by atoms with E-state index >= 15 is 0 Å². The SMILES string of the molecule is Nc1ccc2[nH]c(Cn3ccnc3-c3cc[nH]n3)nc2c1. The fourth-order valence-corrected chi connectivity index (χ4v) is 2.37. The minimum absolute atomic E-state index is 0.594. The zero-order valence-electron chi connectivity index (χ0n) is 11.1. The Balaban J connectivity index is 1.70. The van der Waals surface area contributed by atoms with Crippen LogP contribution in [-0.2, 0) is 6.54 Å². The third-order valence-electron chi connectivity index (χ3n) is 3.32. The molecule has 3 aromatic heterocycles. The Morgan fingerprint density at radius 3 is 3.05 bits per heavy atom. The van der Waals surface area contributed by atoms with Crippen LogP contribution in [0.15, 0.2) is 42.9 Å². The summed E-state index contributed by atoms with van der Waals surface area (Å²) in [6.07, 6.45) is 5.44. The number of H-pyrrole nitrogens is 2. The molecule has 3 heterocycles. The Morgan fingerprint density at radius 1 is 1.24 bits per heavy atom. The summed E-state index contributed by atoms with van der Waals surface area (Å²) >= 11 is 0. The molecule has 0 atom stereocenters. The molecule has 0 amide bonds. The van der Waals surface area contributed by atoms with Crippen molar-refractivity contribution < 1.29 is 0 Å². The molecule has 1 aromatic carbocycles. The first-order valence-electron chi connectivity index (χ1n) is 6.55. The summed E-state index contributed by atoms with van der Waals surface area (Å²) < 4.78 is 2.00. The number of nitrogens with zero attached hydrogens (tertiary/aromatic N) is 4. The van der Waals surface area contributed by atoms with Gasteiger partial charge in [-0.05, 0) is 24.3 Å². The summed E-state index contributed by atoms with van der Waals surface area (Å²) in [5.74, 6) is 1.65. The van der Waals surface area contributed by atoms with Crippen molar-refractivity contribution in [1.29, 1.82) is 0 Å². The van der Waals surface area contributed by atoms with Crippen molar-refractivity contribution in [3.8, 4) is 11.5 Å². The van der Waals surface area contributed by atoms with Gasteiger partial charge in [0.2, 0.25) is 0 Å². The Hall–Kier alpha value is -3.09. The number of aromatic nitrogens is 6. The number of imidazole rings is 2. The Kier molecular flexibility index (Phi) is 2.50. The van der Waals surface area contributed by atoms with Crippen molar-refractivity contribution in [3.63, 3.8) is 0 Å². The van der Waals surface area contributed by atoms with Gasteiger partial charge in [0.1, 0.15) is 11.5 Å². The number of rotatable bonds is 3. The summed E-state index contributed by atoms with van der Waals surface area (Å²) in [6.45, 7) is 0.594. The lowest BCUT2D eigenvalue weighted by Crippen LogP contribution is -2.02. The van der Waals surface area contributed by atoms with Gasteiger partial charge in [-0.1, -0.05) is 0 Å². The maximum absolute atomic E-state index is 5.78. The van der Waals surface area contributed by atoms with Crippen LogP contribution in [0.2, 0.25) is 0 Å². The zero-order valence-corrected chi connectivity index (χ0v) is 11.1. The highest BCUT2D eigenvalue weighted by Gasteiger charge is 2.10. The van der Waals surface area contributed by atoms with E-state index in [4.69, 9.17) is 5.73 Å². The number of nitrogens with two attached hydrogens (primary N) is 1.